The second-order valence-electron chi connectivity index (χ2n) is 5.61. The Balaban J connectivity index is 1.88. The first-order valence-electron chi connectivity index (χ1n) is 7.51. The minimum absolute atomic E-state index is 0.0193. The number of fused-ring (bicyclic) bond motifs is 1. The third-order valence-electron chi connectivity index (χ3n) is 3.77. The lowest BCUT2D eigenvalue weighted by molar-refractivity contribution is -0.140. The summed E-state index contributed by atoms with van der Waals surface area (Å²) in [5.74, 6) is -1.50. The van der Waals surface area contributed by atoms with E-state index in [9.17, 15) is 22.4 Å². The molecule has 2 heterocycles. The van der Waals surface area contributed by atoms with Crippen LogP contribution in [0.1, 0.15) is 16.8 Å². The van der Waals surface area contributed by atoms with Crippen LogP contribution in [0.25, 0.3) is 17.0 Å². The van der Waals surface area contributed by atoms with Crippen molar-refractivity contribution in [2.75, 3.05) is 5.32 Å². The number of aromatic amines is 1. The van der Waals surface area contributed by atoms with Gasteiger partial charge in [-0.1, -0.05) is 11.6 Å². The molecular weight excluding hydrogens is 388 g/mol. The zero-order valence-electron chi connectivity index (χ0n) is 13.7. The molecule has 0 saturated heterocycles. The number of rotatable bonds is 3. The third kappa shape index (κ3) is 3.92. The van der Waals surface area contributed by atoms with Gasteiger partial charge < -0.3 is 5.32 Å². The molecule has 3 rings (SSSR count). The number of alkyl halides is 3. The Morgan fingerprint density at radius 2 is 2.04 bits per heavy atom. The summed E-state index contributed by atoms with van der Waals surface area (Å²) in [7, 11) is 0. The standard InChI is InChI=1S/C17H11ClF4N4O/c1-8-11(18)7-23-16(17(20,21)22)15(8)25-14(27)3-2-9-5-13-10(4-12(9)19)6-24-26-13/h2-7H,1H3,(H,24,26)(H,25,27)/b3-2+. The number of H-pyrrole nitrogens is 1. The van der Waals surface area contributed by atoms with E-state index in [1.165, 1.54) is 25.3 Å². The van der Waals surface area contributed by atoms with Crippen molar-refractivity contribution in [1.82, 2.24) is 15.2 Å². The van der Waals surface area contributed by atoms with Crippen LogP contribution in [-0.2, 0) is 11.0 Å². The summed E-state index contributed by atoms with van der Waals surface area (Å²) in [5.41, 5.74) is -1.18. The number of nitrogens with zero attached hydrogens (tertiary/aromatic N) is 2. The van der Waals surface area contributed by atoms with Crippen LogP contribution in [0.15, 0.2) is 30.6 Å². The average Bonchev–Trinajstić information content (AvgIpc) is 3.03. The van der Waals surface area contributed by atoms with E-state index in [1.807, 2.05) is 0 Å². The molecule has 0 aliphatic carbocycles. The second kappa shape index (κ2) is 6.99. The zero-order valence-corrected chi connectivity index (χ0v) is 14.4. The molecule has 0 aliphatic heterocycles. The van der Waals surface area contributed by atoms with E-state index in [0.29, 0.717) is 10.9 Å². The number of nitrogens with one attached hydrogen (secondary N) is 2. The highest BCUT2D eigenvalue weighted by molar-refractivity contribution is 6.31. The SMILES string of the molecule is Cc1c(Cl)cnc(C(F)(F)F)c1NC(=O)/C=C/c1cc2[nH]ncc2cc1F. The molecule has 5 nitrogen and oxygen atoms in total. The monoisotopic (exact) mass is 398 g/mol. The van der Waals surface area contributed by atoms with Crippen molar-refractivity contribution in [2.24, 2.45) is 0 Å². The van der Waals surface area contributed by atoms with Gasteiger partial charge in [-0.25, -0.2) is 9.37 Å². The van der Waals surface area contributed by atoms with Crippen LogP contribution in [0.2, 0.25) is 5.02 Å². The number of benzene rings is 1. The Kier molecular flexibility index (Phi) is 4.88. The molecule has 0 radical (unpaired) electrons. The van der Waals surface area contributed by atoms with Gasteiger partial charge in [-0.15, -0.1) is 0 Å². The molecule has 0 saturated carbocycles. The van der Waals surface area contributed by atoms with Crippen molar-refractivity contribution >= 4 is 40.2 Å². The summed E-state index contributed by atoms with van der Waals surface area (Å²) >= 11 is 5.80. The second-order valence-corrected chi connectivity index (χ2v) is 6.01. The lowest BCUT2D eigenvalue weighted by Gasteiger charge is -2.15. The minimum atomic E-state index is -4.78. The maximum absolute atomic E-state index is 14.0. The van der Waals surface area contributed by atoms with Gasteiger partial charge in [-0.2, -0.15) is 18.3 Å². The van der Waals surface area contributed by atoms with E-state index < -0.39 is 29.3 Å². The van der Waals surface area contributed by atoms with Gasteiger partial charge in [0.25, 0.3) is 0 Å². The van der Waals surface area contributed by atoms with Crippen LogP contribution in [0.5, 0.6) is 0 Å². The molecule has 0 unspecified atom stereocenters. The van der Waals surface area contributed by atoms with Crippen molar-refractivity contribution in [3.05, 3.63) is 58.3 Å². The molecule has 2 N–H and O–H groups in total. The first-order valence-corrected chi connectivity index (χ1v) is 7.88. The summed E-state index contributed by atoms with van der Waals surface area (Å²) in [4.78, 5) is 15.3. The van der Waals surface area contributed by atoms with E-state index in [4.69, 9.17) is 11.6 Å². The fraction of sp³-hybridized carbons (Fsp3) is 0.118. The van der Waals surface area contributed by atoms with Gasteiger partial charge >= 0.3 is 6.18 Å². The van der Waals surface area contributed by atoms with Gasteiger partial charge in [0.05, 0.1) is 22.4 Å². The summed E-state index contributed by atoms with van der Waals surface area (Å²) < 4.78 is 53.3. The predicted octanol–water partition coefficient (Wildman–Crippen LogP) is 4.73. The molecule has 3 aromatic rings. The number of amides is 1. The number of hydrogen-bond acceptors (Lipinski definition) is 3. The molecule has 1 amide bonds. The fourth-order valence-electron chi connectivity index (χ4n) is 2.39. The van der Waals surface area contributed by atoms with E-state index in [2.05, 4.69) is 20.5 Å². The molecule has 2 aromatic heterocycles. The molecular formula is C17H11ClF4N4O. The summed E-state index contributed by atoms with van der Waals surface area (Å²) in [6, 6.07) is 2.65. The largest absolute Gasteiger partial charge is 0.435 e. The predicted molar refractivity (Wildman–Crippen MR) is 92.7 cm³/mol. The van der Waals surface area contributed by atoms with Gasteiger partial charge in [0.1, 0.15) is 5.82 Å². The van der Waals surface area contributed by atoms with Crippen molar-refractivity contribution in [3.8, 4) is 0 Å². The maximum Gasteiger partial charge on any atom is 0.435 e. The number of aromatic nitrogens is 3. The normalized spacial score (nSPS) is 12.1. The van der Waals surface area contributed by atoms with Gasteiger partial charge in [-0.05, 0) is 30.7 Å². The third-order valence-corrected chi connectivity index (χ3v) is 4.15. The highest BCUT2D eigenvalue weighted by Crippen LogP contribution is 2.37. The van der Waals surface area contributed by atoms with E-state index >= 15 is 0 Å². The van der Waals surface area contributed by atoms with E-state index in [0.717, 1.165) is 18.3 Å². The number of hydrogen-bond donors (Lipinski definition) is 2. The number of halogens is 5. The number of pyridine rings is 1. The summed E-state index contributed by atoms with van der Waals surface area (Å²) in [5, 5.41) is 9.05. The van der Waals surface area contributed by atoms with Crippen LogP contribution in [0.3, 0.4) is 0 Å². The van der Waals surface area contributed by atoms with Crippen molar-refractivity contribution < 1.29 is 22.4 Å². The molecule has 1 aromatic carbocycles. The van der Waals surface area contributed by atoms with Gasteiger partial charge in [0.2, 0.25) is 5.91 Å². The molecule has 10 heteroatoms. The van der Waals surface area contributed by atoms with Crippen LogP contribution in [0, 0.1) is 12.7 Å². The smallest absolute Gasteiger partial charge is 0.320 e. The van der Waals surface area contributed by atoms with Crippen LogP contribution in [-0.4, -0.2) is 21.1 Å². The van der Waals surface area contributed by atoms with Gasteiger partial charge in [0, 0.05) is 23.2 Å². The topological polar surface area (TPSA) is 70.7 Å². The number of carbonyl (C=O) groups is 1. The lowest BCUT2D eigenvalue weighted by atomic mass is 10.1. The minimum Gasteiger partial charge on any atom is -0.320 e. The van der Waals surface area contributed by atoms with Crippen molar-refractivity contribution in [3.63, 3.8) is 0 Å². The van der Waals surface area contributed by atoms with E-state index in [-0.39, 0.29) is 16.1 Å². The molecule has 0 atom stereocenters. The Hall–Kier alpha value is -2.94. The number of anilines is 1. The Morgan fingerprint density at radius 1 is 1.30 bits per heavy atom. The molecule has 0 bridgehead atoms. The molecule has 0 fully saturated rings. The van der Waals surface area contributed by atoms with Gasteiger partial charge in [-0.3, -0.25) is 9.89 Å². The first kappa shape index (κ1) is 18.8. The highest BCUT2D eigenvalue weighted by atomic mass is 35.5. The van der Waals surface area contributed by atoms with Crippen LogP contribution < -0.4 is 5.32 Å². The van der Waals surface area contributed by atoms with Gasteiger partial charge in [0.15, 0.2) is 5.69 Å². The van der Waals surface area contributed by atoms with Crippen LogP contribution >= 0.6 is 11.6 Å². The molecule has 0 aliphatic rings. The van der Waals surface area contributed by atoms with E-state index in [1.54, 1.807) is 0 Å². The quantitative estimate of drug-likeness (QED) is 0.495. The highest BCUT2D eigenvalue weighted by Gasteiger charge is 2.37. The van der Waals surface area contributed by atoms with Crippen LogP contribution in [0.4, 0.5) is 23.2 Å². The number of carbonyl (C=O) groups excluding carboxylic acids is 1. The van der Waals surface area contributed by atoms with Crippen molar-refractivity contribution in [1.29, 1.82) is 0 Å². The molecule has 140 valence electrons. The first-order chi connectivity index (χ1) is 12.7. The summed E-state index contributed by atoms with van der Waals surface area (Å²) in [6.45, 7) is 1.32. The molecule has 0 spiro atoms. The Labute approximate surface area is 155 Å². The Morgan fingerprint density at radius 3 is 2.74 bits per heavy atom. The zero-order chi connectivity index (χ0) is 19.8. The maximum atomic E-state index is 14.0. The molecule has 27 heavy (non-hydrogen) atoms. The average molecular weight is 399 g/mol. The van der Waals surface area contributed by atoms with Crippen molar-refractivity contribution in [2.45, 2.75) is 13.1 Å². The lowest BCUT2D eigenvalue weighted by Crippen LogP contribution is -2.17. The fourth-order valence-corrected chi connectivity index (χ4v) is 2.53. The summed E-state index contributed by atoms with van der Waals surface area (Å²) in [6.07, 6.45) is -0.418. The Bertz CT molecular complexity index is 1060.